The summed E-state index contributed by atoms with van der Waals surface area (Å²) < 4.78 is 11.8. The normalized spacial score (nSPS) is 16.7. The van der Waals surface area contributed by atoms with Gasteiger partial charge < -0.3 is 14.8 Å². The van der Waals surface area contributed by atoms with Crippen molar-refractivity contribution >= 4 is 11.8 Å². The van der Waals surface area contributed by atoms with E-state index >= 15 is 0 Å². The van der Waals surface area contributed by atoms with Gasteiger partial charge in [0.2, 0.25) is 5.88 Å². The van der Waals surface area contributed by atoms with E-state index in [1.165, 1.54) is 14.2 Å². The highest BCUT2D eigenvalue weighted by Crippen LogP contribution is 2.27. The van der Waals surface area contributed by atoms with E-state index in [1.54, 1.807) is 18.5 Å². The Hall–Kier alpha value is -2.64. The summed E-state index contributed by atoms with van der Waals surface area (Å²) >= 11 is 0. The number of pyridine rings is 1. The van der Waals surface area contributed by atoms with Crippen LogP contribution in [0.5, 0.6) is 5.88 Å². The van der Waals surface area contributed by atoms with Gasteiger partial charge in [-0.2, -0.15) is 10.1 Å². The lowest BCUT2D eigenvalue weighted by molar-refractivity contribution is 0.0596. The molecule has 116 valence electrons. The molecule has 1 atom stereocenters. The third-order valence-electron chi connectivity index (χ3n) is 3.60. The van der Waals surface area contributed by atoms with Crippen LogP contribution in [0.2, 0.25) is 0 Å². The first-order chi connectivity index (χ1) is 10.7. The highest BCUT2D eigenvalue weighted by molar-refractivity contribution is 5.92. The van der Waals surface area contributed by atoms with Crippen molar-refractivity contribution in [3.8, 4) is 5.88 Å². The lowest BCUT2D eigenvalue weighted by Crippen LogP contribution is -2.23. The standard InChI is InChI=1S/C14H17N5O3/c1-21-13-9(14(20)22-2)5-6-11(18-13)17-10-4-3-7-19-12(10)15-8-16-19/h5-6,8,10H,3-4,7H2,1-2H3,(H,17,18)/t10-/m0/s1. The Morgan fingerprint density at radius 2 is 2.27 bits per heavy atom. The predicted molar refractivity (Wildman–Crippen MR) is 77.7 cm³/mol. The van der Waals surface area contributed by atoms with Gasteiger partial charge in [-0.15, -0.1) is 0 Å². The van der Waals surface area contributed by atoms with E-state index in [0.29, 0.717) is 11.4 Å². The number of carbonyl (C=O) groups excluding carboxylic acids is 1. The van der Waals surface area contributed by atoms with Crippen molar-refractivity contribution in [1.82, 2.24) is 19.7 Å². The predicted octanol–water partition coefficient (Wildman–Crippen LogP) is 1.42. The molecule has 1 N–H and O–H groups in total. The summed E-state index contributed by atoms with van der Waals surface area (Å²) in [4.78, 5) is 20.3. The van der Waals surface area contributed by atoms with Crippen molar-refractivity contribution in [2.45, 2.75) is 25.4 Å². The van der Waals surface area contributed by atoms with Crippen LogP contribution in [0.25, 0.3) is 0 Å². The Bertz CT molecular complexity index is 685. The minimum Gasteiger partial charge on any atom is -0.480 e. The second-order valence-corrected chi connectivity index (χ2v) is 4.93. The zero-order valence-electron chi connectivity index (χ0n) is 12.4. The molecule has 0 saturated heterocycles. The molecule has 0 bridgehead atoms. The van der Waals surface area contributed by atoms with Gasteiger partial charge in [0.25, 0.3) is 0 Å². The van der Waals surface area contributed by atoms with Crippen LogP contribution in [0.3, 0.4) is 0 Å². The second kappa shape index (κ2) is 6.00. The van der Waals surface area contributed by atoms with Gasteiger partial charge in [0, 0.05) is 6.54 Å². The molecular weight excluding hydrogens is 286 g/mol. The average Bonchev–Trinajstić information content (AvgIpc) is 3.03. The molecule has 0 aliphatic carbocycles. The first-order valence-corrected chi connectivity index (χ1v) is 7.00. The Morgan fingerprint density at radius 3 is 3.05 bits per heavy atom. The third-order valence-corrected chi connectivity index (χ3v) is 3.60. The maximum absolute atomic E-state index is 11.6. The molecule has 2 aromatic rings. The van der Waals surface area contributed by atoms with Gasteiger partial charge in [0.1, 0.15) is 23.5 Å². The van der Waals surface area contributed by atoms with E-state index < -0.39 is 5.97 Å². The van der Waals surface area contributed by atoms with Crippen LogP contribution in [0.15, 0.2) is 18.5 Å². The highest BCUT2D eigenvalue weighted by atomic mass is 16.5. The van der Waals surface area contributed by atoms with E-state index in [-0.39, 0.29) is 11.9 Å². The van der Waals surface area contributed by atoms with Crippen molar-refractivity contribution in [2.24, 2.45) is 0 Å². The number of hydrogen-bond acceptors (Lipinski definition) is 7. The lowest BCUT2D eigenvalue weighted by Gasteiger charge is -2.23. The molecule has 8 nitrogen and oxygen atoms in total. The number of aromatic nitrogens is 4. The van der Waals surface area contributed by atoms with Gasteiger partial charge in [0.05, 0.1) is 20.3 Å². The maximum atomic E-state index is 11.6. The van der Waals surface area contributed by atoms with Crippen LogP contribution in [0.4, 0.5) is 5.82 Å². The Labute approximate surface area is 127 Å². The van der Waals surface area contributed by atoms with Crippen LogP contribution in [-0.2, 0) is 11.3 Å². The van der Waals surface area contributed by atoms with Crippen LogP contribution in [0.1, 0.15) is 35.1 Å². The second-order valence-electron chi connectivity index (χ2n) is 4.93. The van der Waals surface area contributed by atoms with Crippen molar-refractivity contribution < 1.29 is 14.3 Å². The van der Waals surface area contributed by atoms with Crippen LogP contribution in [-0.4, -0.2) is 39.9 Å². The molecule has 0 fully saturated rings. The number of methoxy groups -OCH3 is 2. The average molecular weight is 303 g/mol. The first-order valence-electron chi connectivity index (χ1n) is 7.00. The Balaban J connectivity index is 1.84. The molecule has 1 aliphatic rings. The molecule has 2 aromatic heterocycles. The fourth-order valence-electron chi connectivity index (χ4n) is 2.55. The molecule has 1 aliphatic heterocycles. The number of hydrogen-bond donors (Lipinski definition) is 1. The molecule has 0 amide bonds. The topological polar surface area (TPSA) is 91.2 Å². The number of ether oxygens (including phenoxy) is 2. The van der Waals surface area contributed by atoms with Crippen molar-refractivity contribution in [3.63, 3.8) is 0 Å². The number of rotatable bonds is 4. The Kier molecular flexibility index (Phi) is 3.90. The third kappa shape index (κ3) is 2.59. The molecular formula is C14H17N5O3. The largest absolute Gasteiger partial charge is 0.480 e. The fraction of sp³-hybridized carbons (Fsp3) is 0.429. The fourth-order valence-corrected chi connectivity index (χ4v) is 2.55. The minimum absolute atomic E-state index is 0.0393. The summed E-state index contributed by atoms with van der Waals surface area (Å²) in [6, 6.07) is 3.40. The number of fused-ring (bicyclic) bond motifs is 1. The van der Waals surface area contributed by atoms with Gasteiger partial charge >= 0.3 is 5.97 Å². The van der Waals surface area contributed by atoms with Crippen LogP contribution in [0, 0.1) is 0 Å². The number of aryl methyl sites for hydroxylation is 1. The number of nitrogens with one attached hydrogen (secondary N) is 1. The molecule has 8 heteroatoms. The molecule has 22 heavy (non-hydrogen) atoms. The number of nitrogens with zero attached hydrogens (tertiary/aromatic N) is 4. The van der Waals surface area contributed by atoms with Crippen molar-refractivity contribution in [1.29, 1.82) is 0 Å². The van der Waals surface area contributed by atoms with E-state index in [9.17, 15) is 4.79 Å². The molecule has 0 aromatic carbocycles. The smallest absolute Gasteiger partial charge is 0.343 e. The monoisotopic (exact) mass is 303 g/mol. The summed E-state index contributed by atoms with van der Waals surface area (Å²) in [6.07, 6.45) is 3.52. The summed E-state index contributed by atoms with van der Waals surface area (Å²) in [5.41, 5.74) is 0.294. The Morgan fingerprint density at radius 1 is 1.41 bits per heavy atom. The molecule has 3 rings (SSSR count). The molecule has 3 heterocycles. The summed E-state index contributed by atoms with van der Waals surface area (Å²) in [5.74, 6) is 1.26. The molecule has 0 unspecified atom stereocenters. The zero-order valence-corrected chi connectivity index (χ0v) is 12.4. The van der Waals surface area contributed by atoms with E-state index in [4.69, 9.17) is 9.47 Å². The van der Waals surface area contributed by atoms with Gasteiger partial charge in [-0.05, 0) is 25.0 Å². The van der Waals surface area contributed by atoms with Crippen LogP contribution >= 0.6 is 0 Å². The lowest BCUT2D eigenvalue weighted by atomic mass is 10.1. The maximum Gasteiger partial charge on any atom is 0.343 e. The van der Waals surface area contributed by atoms with E-state index in [2.05, 4.69) is 20.4 Å². The first kappa shape index (κ1) is 14.3. The number of anilines is 1. The van der Waals surface area contributed by atoms with Crippen molar-refractivity contribution in [2.75, 3.05) is 19.5 Å². The van der Waals surface area contributed by atoms with Gasteiger partial charge in [-0.3, -0.25) is 0 Å². The van der Waals surface area contributed by atoms with Crippen molar-refractivity contribution in [3.05, 3.63) is 29.8 Å². The van der Waals surface area contributed by atoms with Crippen LogP contribution < -0.4 is 10.1 Å². The van der Waals surface area contributed by atoms with Gasteiger partial charge in [0.15, 0.2) is 0 Å². The SMILES string of the molecule is COC(=O)c1ccc(N[C@H]2CCCn3ncnc32)nc1OC. The summed E-state index contributed by atoms with van der Waals surface area (Å²) in [7, 11) is 2.79. The summed E-state index contributed by atoms with van der Waals surface area (Å²) in [5, 5.41) is 7.51. The van der Waals surface area contributed by atoms with Gasteiger partial charge in [-0.25, -0.2) is 14.5 Å². The number of carbonyl (C=O) groups is 1. The molecule has 0 spiro atoms. The number of esters is 1. The van der Waals surface area contributed by atoms with E-state index in [0.717, 1.165) is 25.2 Å². The molecule has 0 saturated carbocycles. The van der Waals surface area contributed by atoms with E-state index in [1.807, 2.05) is 4.68 Å². The summed E-state index contributed by atoms with van der Waals surface area (Å²) in [6.45, 7) is 0.880. The minimum atomic E-state index is -0.478. The zero-order chi connectivity index (χ0) is 15.5. The quantitative estimate of drug-likeness (QED) is 0.854. The molecule has 0 radical (unpaired) electrons. The highest BCUT2D eigenvalue weighted by Gasteiger charge is 2.23. The van der Waals surface area contributed by atoms with Gasteiger partial charge in [-0.1, -0.05) is 0 Å².